The summed E-state index contributed by atoms with van der Waals surface area (Å²) in [6, 6.07) is 5.73. The number of amides is 1. The Balaban J connectivity index is 2.08. The van der Waals surface area contributed by atoms with Crippen molar-refractivity contribution in [2.24, 2.45) is 5.92 Å². The molecule has 0 aliphatic heterocycles. The van der Waals surface area contributed by atoms with E-state index in [9.17, 15) is 4.79 Å². The molecule has 7 heteroatoms. The highest BCUT2D eigenvalue weighted by molar-refractivity contribution is 7.80. The SMILES string of the molecule is CCOc1ccc2nc(NC(=S)NC(=O)C(C)C)sc2c1. The van der Waals surface area contributed by atoms with Gasteiger partial charge in [0.1, 0.15) is 5.75 Å². The van der Waals surface area contributed by atoms with E-state index >= 15 is 0 Å². The molecule has 0 saturated heterocycles. The first-order valence-corrected chi connectivity index (χ1v) is 7.87. The van der Waals surface area contributed by atoms with Gasteiger partial charge < -0.3 is 15.4 Å². The molecule has 0 unspecified atom stereocenters. The Morgan fingerprint density at radius 3 is 2.90 bits per heavy atom. The molecule has 21 heavy (non-hydrogen) atoms. The number of rotatable bonds is 4. The summed E-state index contributed by atoms with van der Waals surface area (Å²) in [7, 11) is 0. The lowest BCUT2D eigenvalue weighted by molar-refractivity contribution is -0.122. The third-order valence-corrected chi connectivity index (χ3v) is 3.79. The van der Waals surface area contributed by atoms with Crippen molar-refractivity contribution in [1.82, 2.24) is 10.3 Å². The molecular weight excluding hydrogens is 306 g/mol. The normalized spacial score (nSPS) is 10.7. The van der Waals surface area contributed by atoms with Crippen molar-refractivity contribution in [2.45, 2.75) is 20.8 Å². The second-order valence-corrected chi connectivity index (χ2v) is 6.12. The second-order valence-electron chi connectivity index (χ2n) is 4.68. The second kappa shape index (κ2) is 6.82. The van der Waals surface area contributed by atoms with Crippen LogP contribution in [-0.4, -0.2) is 22.6 Å². The third kappa shape index (κ3) is 4.12. The number of nitrogens with zero attached hydrogens (tertiary/aromatic N) is 1. The Hall–Kier alpha value is -1.73. The van der Waals surface area contributed by atoms with Crippen molar-refractivity contribution in [3.05, 3.63) is 18.2 Å². The molecule has 0 bridgehead atoms. The number of carbonyl (C=O) groups excluding carboxylic acids is 1. The fraction of sp³-hybridized carbons (Fsp3) is 0.357. The topological polar surface area (TPSA) is 63.2 Å². The fourth-order valence-corrected chi connectivity index (χ4v) is 2.76. The van der Waals surface area contributed by atoms with Crippen LogP contribution in [0.15, 0.2) is 18.2 Å². The van der Waals surface area contributed by atoms with Gasteiger partial charge in [-0.25, -0.2) is 4.98 Å². The minimum atomic E-state index is -0.118. The first-order valence-electron chi connectivity index (χ1n) is 6.65. The highest BCUT2D eigenvalue weighted by Gasteiger charge is 2.11. The highest BCUT2D eigenvalue weighted by Crippen LogP contribution is 2.29. The number of nitrogens with one attached hydrogen (secondary N) is 2. The molecule has 2 rings (SSSR count). The highest BCUT2D eigenvalue weighted by atomic mass is 32.1. The van der Waals surface area contributed by atoms with Crippen LogP contribution < -0.4 is 15.4 Å². The molecule has 0 aliphatic rings. The molecule has 2 N–H and O–H groups in total. The summed E-state index contributed by atoms with van der Waals surface area (Å²) >= 11 is 6.56. The zero-order valence-corrected chi connectivity index (χ0v) is 13.7. The van der Waals surface area contributed by atoms with E-state index in [4.69, 9.17) is 17.0 Å². The molecule has 0 radical (unpaired) electrons. The van der Waals surface area contributed by atoms with E-state index in [-0.39, 0.29) is 16.9 Å². The zero-order chi connectivity index (χ0) is 15.4. The number of hydrogen-bond acceptors (Lipinski definition) is 5. The summed E-state index contributed by atoms with van der Waals surface area (Å²) in [5.41, 5.74) is 0.865. The van der Waals surface area contributed by atoms with Gasteiger partial charge in [0.25, 0.3) is 0 Å². The molecule has 2 aromatic rings. The van der Waals surface area contributed by atoms with Crippen LogP contribution in [0.1, 0.15) is 20.8 Å². The van der Waals surface area contributed by atoms with Crippen LogP contribution >= 0.6 is 23.6 Å². The molecule has 0 fully saturated rings. The summed E-state index contributed by atoms with van der Waals surface area (Å²) in [6.45, 7) is 6.19. The quantitative estimate of drug-likeness (QED) is 0.846. The number of aromatic nitrogens is 1. The molecule has 0 spiro atoms. The Labute approximate surface area is 132 Å². The molecular formula is C14H17N3O2S2. The van der Waals surface area contributed by atoms with E-state index in [0.717, 1.165) is 16.0 Å². The van der Waals surface area contributed by atoms with Crippen molar-refractivity contribution in [2.75, 3.05) is 11.9 Å². The lowest BCUT2D eigenvalue weighted by Crippen LogP contribution is -2.36. The number of thiocarbonyl (C=S) groups is 1. The lowest BCUT2D eigenvalue weighted by Gasteiger charge is -2.08. The van der Waals surface area contributed by atoms with Gasteiger partial charge in [-0.3, -0.25) is 4.79 Å². The van der Waals surface area contributed by atoms with Crippen LogP contribution in [0.4, 0.5) is 5.13 Å². The lowest BCUT2D eigenvalue weighted by atomic mass is 10.2. The van der Waals surface area contributed by atoms with Gasteiger partial charge in [0.15, 0.2) is 10.2 Å². The van der Waals surface area contributed by atoms with Crippen LogP contribution in [0.5, 0.6) is 5.75 Å². The minimum absolute atomic E-state index is 0.117. The van der Waals surface area contributed by atoms with Crippen LogP contribution in [0.25, 0.3) is 10.2 Å². The van der Waals surface area contributed by atoms with Crippen molar-refractivity contribution in [3.63, 3.8) is 0 Å². The summed E-state index contributed by atoms with van der Waals surface area (Å²) in [6.07, 6.45) is 0. The van der Waals surface area contributed by atoms with Crippen LogP contribution in [0.3, 0.4) is 0 Å². The van der Waals surface area contributed by atoms with Gasteiger partial charge in [0.05, 0.1) is 16.8 Å². The first kappa shape index (κ1) is 15.7. The maximum atomic E-state index is 11.6. The predicted octanol–water partition coefficient (Wildman–Crippen LogP) is 3.16. The van der Waals surface area contributed by atoms with E-state index < -0.39 is 0 Å². The molecule has 1 aromatic carbocycles. The van der Waals surface area contributed by atoms with Crippen LogP contribution in [0, 0.1) is 5.92 Å². The fourth-order valence-electron chi connectivity index (χ4n) is 1.60. The number of hydrogen-bond donors (Lipinski definition) is 2. The van der Waals surface area contributed by atoms with E-state index in [1.807, 2.05) is 39.0 Å². The molecule has 5 nitrogen and oxygen atoms in total. The minimum Gasteiger partial charge on any atom is -0.494 e. The number of fused-ring (bicyclic) bond motifs is 1. The smallest absolute Gasteiger partial charge is 0.228 e. The van der Waals surface area contributed by atoms with E-state index in [1.54, 1.807) is 0 Å². The Bertz CT molecular complexity index is 667. The molecule has 1 amide bonds. The predicted molar refractivity (Wildman–Crippen MR) is 90.0 cm³/mol. The van der Waals surface area contributed by atoms with Crippen molar-refractivity contribution >= 4 is 49.9 Å². The number of carbonyl (C=O) groups is 1. The molecule has 0 aliphatic carbocycles. The monoisotopic (exact) mass is 323 g/mol. The van der Waals surface area contributed by atoms with E-state index in [1.165, 1.54) is 11.3 Å². The number of benzene rings is 1. The largest absolute Gasteiger partial charge is 0.494 e. The third-order valence-electron chi connectivity index (χ3n) is 2.65. The summed E-state index contributed by atoms with van der Waals surface area (Å²) in [5, 5.41) is 6.47. The maximum Gasteiger partial charge on any atom is 0.228 e. The Morgan fingerprint density at radius 1 is 1.48 bits per heavy atom. The molecule has 1 aromatic heterocycles. The van der Waals surface area contributed by atoms with Crippen LogP contribution in [0.2, 0.25) is 0 Å². The molecule has 1 heterocycles. The van der Waals surface area contributed by atoms with Gasteiger partial charge in [-0.2, -0.15) is 0 Å². The molecule has 0 atom stereocenters. The summed E-state index contributed by atoms with van der Waals surface area (Å²) in [5.74, 6) is 0.581. The van der Waals surface area contributed by atoms with E-state index in [2.05, 4.69) is 15.6 Å². The van der Waals surface area contributed by atoms with Crippen molar-refractivity contribution in [1.29, 1.82) is 0 Å². The van der Waals surface area contributed by atoms with E-state index in [0.29, 0.717) is 11.7 Å². The first-order chi connectivity index (χ1) is 9.99. The Morgan fingerprint density at radius 2 is 2.24 bits per heavy atom. The van der Waals surface area contributed by atoms with Crippen molar-refractivity contribution in [3.8, 4) is 5.75 Å². The maximum absolute atomic E-state index is 11.6. The van der Waals surface area contributed by atoms with Gasteiger partial charge in [0, 0.05) is 5.92 Å². The molecule has 0 saturated carbocycles. The average Bonchev–Trinajstić information content (AvgIpc) is 2.80. The standard InChI is InChI=1S/C14H17N3O2S2/c1-4-19-9-5-6-10-11(7-9)21-14(15-10)17-13(20)16-12(18)8(2)3/h5-8H,4H2,1-3H3,(H2,15,16,17,18,20). The van der Waals surface area contributed by atoms with Gasteiger partial charge in [0.2, 0.25) is 5.91 Å². The summed E-state index contributed by atoms with van der Waals surface area (Å²) in [4.78, 5) is 16.0. The Kier molecular flexibility index (Phi) is 5.08. The average molecular weight is 323 g/mol. The van der Waals surface area contributed by atoms with Gasteiger partial charge in [-0.1, -0.05) is 25.2 Å². The number of thiazole rings is 1. The van der Waals surface area contributed by atoms with Crippen LogP contribution in [-0.2, 0) is 4.79 Å². The van der Waals surface area contributed by atoms with Gasteiger partial charge in [-0.15, -0.1) is 0 Å². The van der Waals surface area contributed by atoms with Crippen molar-refractivity contribution < 1.29 is 9.53 Å². The number of ether oxygens (including phenoxy) is 1. The molecule has 112 valence electrons. The van der Waals surface area contributed by atoms with Gasteiger partial charge in [-0.05, 0) is 37.3 Å². The zero-order valence-electron chi connectivity index (χ0n) is 12.1. The van der Waals surface area contributed by atoms with Gasteiger partial charge >= 0.3 is 0 Å². The summed E-state index contributed by atoms with van der Waals surface area (Å²) < 4.78 is 6.46. The number of anilines is 1.